The van der Waals surface area contributed by atoms with Crippen LogP contribution < -0.4 is 16.4 Å². The van der Waals surface area contributed by atoms with Crippen LogP contribution in [-0.4, -0.2) is 70.0 Å². The van der Waals surface area contributed by atoms with Crippen molar-refractivity contribution in [1.82, 2.24) is 20.5 Å². The molecular weight excluding hydrogens is 523 g/mol. The monoisotopic (exact) mass is 553 g/mol. The molecule has 206 valence electrons. The van der Waals surface area contributed by atoms with Crippen molar-refractivity contribution in [1.29, 1.82) is 0 Å². The molecule has 38 heavy (non-hydrogen) atoms. The number of thiazole rings is 1. The van der Waals surface area contributed by atoms with E-state index in [1.54, 1.807) is 4.90 Å². The van der Waals surface area contributed by atoms with Crippen molar-refractivity contribution in [2.45, 2.75) is 62.4 Å². The predicted octanol–water partition coefficient (Wildman–Crippen LogP) is 2.10. The number of halogens is 3. The van der Waals surface area contributed by atoms with Gasteiger partial charge in [-0.3, -0.25) is 14.4 Å². The Morgan fingerprint density at radius 2 is 1.92 bits per heavy atom. The van der Waals surface area contributed by atoms with Gasteiger partial charge in [0.25, 0.3) is 11.8 Å². The average molecular weight is 554 g/mol. The fourth-order valence-corrected chi connectivity index (χ4v) is 5.85. The second-order valence-corrected chi connectivity index (χ2v) is 11.0. The second kappa shape index (κ2) is 11.4. The summed E-state index contributed by atoms with van der Waals surface area (Å²) < 4.78 is 38.6. The molecule has 1 aliphatic heterocycles. The molecule has 1 aromatic heterocycles. The maximum absolute atomic E-state index is 12.9. The molecule has 0 radical (unpaired) electrons. The zero-order chi connectivity index (χ0) is 27.5. The van der Waals surface area contributed by atoms with E-state index in [0.29, 0.717) is 42.2 Å². The van der Waals surface area contributed by atoms with Crippen LogP contribution >= 0.6 is 11.3 Å². The first-order chi connectivity index (χ1) is 17.9. The van der Waals surface area contributed by atoms with E-state index in [4.69, 9.17) is 5.73 Å². The summed E-state index contributed by atoms with van der Waals surface area (Å²) in [5, 5.41) is 17.6. The summed E-state index contributed by atoms with van der Waals surface area (Å²) in [7, 11) is 0. The predicted molar refractivity (Wildman–Crippen MR) is 133 cm³/mol. The van der Waals surface area contributed by atoms with Crippen LogP contribution in [0.4, 0.5) is 13.2 Å². The van der Waals surface area contributed by atoms with Crippen LogP contribution in [0.2, 0.25) is 0 Å². The lowest BCUT2D eigenvalue weighted by molar-refractivity contribution is -0.137. The molecule has 9 nitrogen and oxygen atoms in total. The number of likely N-dealkylation sites (tertiary alicyclic amines) is 1. The molecule has 2 fully saturated rings. The van der Waals surface area contributed by atoms with Crippen molar-refractivity contribution in [3.63, 3.8) is 0 Å². The van der Waals surface area contributed by atoms with Crippen molar-refractivity contribution in [3.05, 3.63) is 51.5 Å². The SMILES string of the molecule is NC(=O)c1cnc(CC2(O)CCC(NC3CCN(C(=O)CNC(=O)c4cccc(C(F)(F)F)c4)C3)CC2)s1. The summed E-state index contributed by atoms with van der Waals surface area (Å²) in [5.41, 5.74) is 3.30. The minimum atomic E-state index is -4.56. The van der Waals surface area contributed by atoms with Crippen molar-refractivity contribution < 1.29 is 32.7 Å². The van der Waals surface area contributed by atoms with Gasteiger partial charge < -0.3 is 26.4 Å². The van der Waals surface area contributed by atoms with Crippen LogP contribution in [0.1, 0.15) is 62.7 Å². The quantitative estimate of drug-likeness (QED) is 0.395. The van der Waals surface area contributed by atoms with E-state index >= 15 is 0 Å². The van der Waals surface area contributed by atoms with E-state index in [1.807, 2.05) is 0 Å². The number of primary amides is 1. The number of nitrogens with one attached hydrogen (secondary N) is 2. The highest BCUT2D eigenvalue weighted by atomic mass is 32.1. The molecule has 2 aromatic rings. The Morgan fingerprint density at radius 3 is 2.58 bits per heavy atom. The number of aromatic nitrogens is 1. The van der Waals surface area contributed by atoms with Crippen LogP contribution in [-0.2, 0) is 17.4 Å². The Labute approximate surface area is 221 Å². The lowest BCUT2D eigenvalue weighted by Crippen LogP contribution is -2.47. The Bertz CT molecular complexity index is 1180. The van der Waals surface area contributed by atoms with Crippen LogP contribution in [0.25, 0.3) is 0 Å². The first-order valence-corrected chi connectivity index (χ1v) is 13.2. The third-order valence-electron chi connectivity index (χ3n) is 7.06. The number of hydrogen-bond acceptors (Lipinski definition) is 7. The summed E-state index contributed by atoms with van der Waals surface area (Å²) in [4.78, 5) is 42.3. The third-order valence-corrected chi connectivity index (χ3v) is 8.07. The maximum atomic E-state index is 12.9. The van der Waals surface area contributed by atoms with Gasteiger partial charge >= 0.3 is 6.18 Å². The number of carbonyl (C=O) groups is 3. The number of amides is 3. The molecule has 2 aliphatic rings. The number of hydrogen-bond donors (Lipinski definition) is 4. The summed E-state index contributed by atoms with van der Waals surface area (Å²) >= 11 is 1.20. The van der Waals surface area contributed by atoms with Gasteiger partial charge in [0.1, 0.15) is 4.88 Å². The van der Waals surface area contributed by atoms with Gasteiger partial charge in [-0.15, -0.1) is 11.3 Å². The molecule has 13 heteroatoms. The Kier molecular flexibility index (Phi) is 8.38. The van der Waals surface area contributed by atoms with Gasteiger partial charge in [-0.2, -0.15) is 13.2 Å². The molecule has 1 aromatic carbocycles. The third kappa shape index (κ3) is 7.08. The van der Waals surface area contributed by atoms with Crippen molar-refractivity contribution in [2.24, 2.45) is 5.73 Å². The van der Waals surface area contributed by atoms with Crippen LogP contribution in [0, 0.1) is 0 Å². The number of alkyl halides is 3. The zero-order valence-corrected chi connectivity index (χ0v) is 21.4. The molecule has 0 spiro atoms. The first kappa shape index (κ1) is 28.0. The number of nitrogens with two attached hydrogens (primary N) is 1. The lowest BCUT2D eigenvalue weighted by Gasteiger charge is -2.37. The van der Waals surface area contributed by atoms with Gasteiger partial charge in [-0.05, 0) is 50.3 Å². The minimum Gasteiger partial charge on any atom is -0.389 e. The number of rotatable bonds is 8. The molecular formula is C25H30F3N5O4S. The number of benzene rings is 1. The average Bonchev–Trinajstić information content (AvgIpc) is 3.53. The normalized spacial score (nSPS) is 23.8. The summed E-state index contributed by atoms with van der Waals surface area (Å²) in [6.07, 6.45) is 0.643. The topological polar surface area (TPSA) is 138 Å². The summed E-state index contributed by atoms with van der Waals surface area (Å²) in [6.45, 7) is 0.680. The fraction of sp³-hybridized carbons (Fsp3) is 0.520. The van der Waals surface area contributed by atoms with Crippen LogP contribution in [0.5, 0.6) is 0 Å². The Morgan fingerprint density at radius 1 is 1.18 bits per heavy atom. The molecule has 5 N–H and O–H groups in total. The summed E-state index contributed by atoms with van der Waals surface area (Å²) in [6, 6.07) is 4.33. The van der Waals surface area contributed by atoms with Crippen LogP contribution in [0.3, 0.4) is 0 Å². The van der Waals surface area contributed by atoms with Gasteiger partial charge in [0.2, 0.25) is 5.91 Å². The van der Waals surface area contributed by atoms with Crippen molar-refractivity contribution in [3.8, 4) is 0 Å². The van der Waals surface area contributed by atoms with Gasteiger partial charge in [-0.1, -0.05) is 6.07 Å². The molecule has 1 atom stereocenters. The molecule has 3 amide bonds. The van der Waals surface area contributed by atoms with E-state index in [0.717, 1.165) is 37.5 Å². The van der Waals surface area contributed by atoms with E-state index in [-0.39, 0.29) is 30.1 Å². The number of aliphatic hydroxyl groups is 1. The van der Waals surface area contributed by atoms with Crippen molar-refractivity contribution >= 4 is 29.1 Å². The van der Waals surface area contributed by atoms with E-state index < -0.39 is 29.2 Å². The molecule has 4 rings (SSSR count). The highest BCUT2D eigenvalue weighted by Gasteiger charge is 2.36. The molecule has 0 bridgehead atoms. The molecule has 1 saturated heterocycles. The highest BCUT2D eigenvalue weighted by molar-refractivity contribution is 7.13. The van der Waals surface area contributed by atoms with Gasteiger partial charge in [0.15, 0.2) is 0 Å². The molecule has 1 aliphatic carbocycles. The number of carbonyl (C=O) groups excluding carboxylic acids is 3. The van der Waals surface area contributed by atoms with E-state index in [1.165, 1.54) is 23.6 Å². The van der Waals surface area contributed by atoms with E-state index in [9.17, 15) is 32.7 Å². The minimum absolute atomic E-state index is 0.0754. The largest absolute Gasteiger partial charge is 0.416 e. The van der Waals surface area contributed by atoms with E-state index in [2.05, 4.69) is 15.6 Å². The zero-order valence-electron chi connectivity index (χ0n) is 20.6. The van der Waals surface area contributed by atoms with Crippen molar-refractivity contribution in [2.75, 3.05) is 19.6 Å². The Hall–Kier alpha value is -3.03. The first-order valence-electron chi connectivity index (χ1n) is 12.4. The molecule has 1 saturated carbocycles. The van der Waals surface area contributed by atoms with Gasteiger partial charge in [0, 0.05) is 37.2 Å². The molecule has 1 unspecified atom stereocenters. The fourth-order valence-electron chi connectivity index (χ4n) is 4.95. The second-order valence-electron chi connectivity index (χ2n) is 9.91. The Balaban J connectivity index is 1.19. The molecule has 2 heterocycles. The highest BCUT2D eigenvalue weighted by Crippen LogP contribution is 2.33. The van der Waals surface area contributed by atoms with Crippen LogP contribution in [0.15, 0.2) is 30.5 Å². The lowest BCUT2D eigenvalue weighted by atomic mass is 9.80. The van der Waals surface area contributed by atoms with Gasteiger partial charge in [0.05, 0.1) is 28.9 Å². The summed E-state index contributed by atoms with van der Waals surface area (Å²) in [5.74, 6) is -1.57. The standard InChI is InChI=1S/C25H30F3N5O4S/c26-25(27,28)16-3-1-2-15(10-16)23(36)31-13-21(34)33-9-6-18(14-33)32-17-4-7-24(37,8-5-17)11-20-30-12-19(38-20)22(29)35/h1-3,10,12,17-18,32,37H,4-9,11,13-14H2,(H2,29,35)(H,31,36). The maximum Gasteiger partial charge on any atom is 0.416 e. The number of nitrogens with zero attached hydrogens (tertiary/aromatic N) is 2. The van der Waals surface area contributed by atoms with Gasteiger partial charge in [-0.25, -0.2) is 4.98 Å². The smallest absolute Gasteiger partial charge is 0.389 e.